The van der Waals surface area contributed by atoms with Crippen molar-refractivity contribution in [2.45, 2.75) is 20.4 Å². The lowest BCUT2D eigenvalue weighted by Gasteiger charge is -2.07. The summed E-state index contributed by atoms with van der Waals surface area (Å²) in [6, 6.07) is 15.6. The molecule has 1 aromatic heterocycles. The molecule has 0 saturated heterocycles. The fourth-order valence-corrected chi connectivity index (χ4v) is 2.80. The number of hydrogen-bond acceptors (Lipinski definition) is 2. The van der Waals surface area contributed by atoms with Crippen molar-refractivity contribution in [1.29, 1.82) is 0 Å². The molecule has 4 heteroatoms. The molecule has 0 atom stereocenters. The van der Waals surface area contributed by atoms with E-state index < -0.39 is 0 Å². The number of nitrogens with zero attached hydrogens (tertiary/aromatic N) is 1. The molecule has 0 aliphatic heterocycles. The summed E-state index contributed by atoms with van der Waals surface area (Å²) >= 11 is 0. The lowest BCUT2D eigenvalue weighted by atomic mass is 10.1. The quantitative estimate of drug-likeness (QED) is 0.776. The largest absolute Gasteiger partial charge is 0.494 e. The van der Waals surface area contributed by atoms with Crippen LogP contribution in [0.1, 0.15) is 28.5 Å². The van der Waals surface area contributed by atoms with Crippen LogP contribution in [-0.2, 0) is 13.6 Å². The summed E-state index contributed by atoms with van der Waals surface area (Å²) in [7, 11) is 2.06. The Kier molecular flexibility index (Phi) is 4.56. The molecule has 1 N–H and O–H groups in total. The smallest absolute Gasteiger partial charge is 0.251 e. The van der Waals surface area contributed by atoms with Crippen molar-refractivity contribution in [3.05, 3.63) is 65.4 Å². The number of nitrogens with one attached hydrogen (secondary N) is 1. The Morgan fingerprint density at radius 3 is 2.58 bits per heavy atom. The molecule has 4 nitrogen and oxygen atoms in total. The fourth-order valence-electron chi connectivity index (χ4n) is 2.80. The van der Waals surface area contributed by atoms with Crippen molar-refractivity contribution < 1.29 is 9.53 Å². The number of carbonyl (C=O) groups excluding carboxylic acids is 1. The molecule has 1 amide bonds. The standard InChI is InChI=1S/C20H22N2O2/c1-4-24-18-8-6-16(7-9-18)20(23)21-13-15-5-10-19-17(12-15)11-14(2)22(19)3/h5-12H,4,13H2,1-3H3,(H,21,23). The zero-order valence-corrected chi connectivity index (χ0v) is 14.3. The van der Waals surface area contributed by atoms with Crippen LogP contribution in [0.5, 0.6) is 5.75 Å². The van der Waals surface area contributed by atoms with Crippen molar-refractivity contribution in [2.75, 3.05) is 6.61 Å². The Labute approximate surface area is 142 Å². The molecule has 0 spiro atoms. The molecule has 3 rings (SSSR count). The summed E-state index contributed by atoms with van der Waals surface area (Å²) in [6.07, 6.45) is 0. The molecule has 0 saturated carbocycles. The van der Waals surface area contributed by atoms with E-state index in [-0.39, 0.29) is 5.91 Å². The van der Waals surface area contributed by atoms with Crippen molar-refractivity contribution in [2.24, 2.45) is 7.05 Å². The minimum atomic E-state index is -0.0811. The van der Waals surface area contributed by atoms with Crippen LogP contribution in [0.25, 0.3) is 10.9 Å². The van der Waals surface area contributed by atoms with E-state index in [0.717, 1.165) is 11.3 Å². The number of rotatable bonds is 5. The number of aromatic nitrogens is 1. The average Bonchev–Trinajstić information content (AvgIpc) is 2.87. The topological polar surface area (TPSA) is 43.3 Å². The van der Waals surface area contributed by atoms with Crippen molar-refractivity contribution in [3.63, 3.8) is 0 Å². The highest BCUT2D eigenvalue weighted by Gasteiger charge is 2.07. The van der Waals surface area contributed by atoms with Crippen LogP contribution in [0, 0.1) is 6.92 Å². The Morgan fingerprint density at radius 1 is 1.12 bits per heavy atom. The van der Waals surface area contributed by atoms with Crippen molar-refractivity contribution in [3.8, 4) is 5.75 Å². The van der Waals surface area contributed by atoms with Gasteiger partial charge in [-0.3, -0.25) is 4.79 Å². The van der Waals surface area contributed by atoms with Gasteiger partial charge in [0, 0.05) is 35.8 Å². The molecule has 1 heterocycles. The highest BCUT2D eigenvalue weighted by molar-refractivity contribution is 5.94. The normalized spacial score (nSPS) is 10.8. The van der Waals surface area contributed by atoms with Crippen LogP contribution < -0.4 is 10.1 Å². The number of carbonyl (C=O) groups is 1. The van der Waals surface area contributed by atoms with Crippen molar-refractivity contribution >= 4 is 16.8 Å². The van der Waals surface area contributed by atoms with Crippen LogP contribution in [0.15, 0.2) is 48.5 Å². The highest BCUT2D eigenvalue weighted by Crippen LogP contribution is 2.20. The minimum Gasteiger partial charge on any atom is -0.494 e. The Morgan fingerprint density at radius 2 is 1.88 bits per heavy atom. The van der Waals surface area contributed by atoms with E-state index in [1.807, 2.05) is 19.1 Å². The Hall–Kier alpha value is -2.75. The van der Waals surface area contributed by atoms with Gasteiger partial charge in [-0.1, -0.05) is 6.07 Å². The third kappa shape index (κ3) is 3.27. The fraction of sp³-hybridized carbons (Fsp3) is 0.250. The van der Waals surface area contributed by atoms with E-state index in [1.54, 1.807) is 12.1 Å². The maximum absolute atomic E-state index is 12.3. The van der Waals surface area contributed by atoms with Crippen LogP contribution >= 0.6 is 0 Å². The molecular formula is C20H22N2O2. The Bertz CT molecular complexity index is 863. The minimum absolute atomic E-state index is 0.0811. The number of hydrogen-bond donors (Lipinski definition) is 1. The highest BCUT2D eigenvalue weighted by atomic mass is 16.5. The molecule has 3 aromatic rings. The SMILES string of the molecule is CCOc1ccc(C(=O)NCc2ccc3c(c2)cc(C)n3C)cc1. The predicted molar refractivity (Wildman–Crippen MR) is 96.4 cm³/mol. The second-order valence-electron chi connectivity index (χ2n) is 5.88. The van der Waals surface area contributed by atoms with Gasteiger partial charge >= 0.3 is 0 Å². The van der Waals surface area contributed by atoms with E-state index in [2.05, 4.69) is 48.1 Å². The molecule has 24 heavy (non-hydrogen) atoms. The van der Waals surface area contributed by atoms with E-state index in [9.17, 15) is 4.79 Å². The number of ether oxygens (including phenoxy) is 1. The second-order valence-corrected chi connectivity index (χ2v) is 5.88. The van der Waals surface area contributed by atoms with Gasteiger partial charge in [0.05, 0.1) is 6.61 Å². The predicted octanol–water partition coefficient (Wildman–Crippen LogP) is 3.82. The molecule has 0 radical (unpaired) electrons. The van der Waals surface area contributed by atoms with Gasteiger partial charge in [0.1, 0.15) is 5.75 Å². The van der Waals surface area contributed by atoms with Crippen LogP contribution in [-0.4, -0.2) is 17.1 Å². The number of fused-ring (bicyclic) bond motifs is 1. The van der Waals surface area contributed by atoms with Gasteiger partial charge in [0.25, 0.3) is 5.91 Å². The second kappa shape index (κ2) is 6.79. The van der Waals surface area contributed by atoms with Crippen LogP contribution in [0.2, 0.25) is 0 Å². The van der Waals surface area contributed by atoms with Crippen LogP contribution in [0.3, 0.4) is 0 Å². The molecule has 0 unspecified atom stereocenters. The Balaban J connectivity index is 1.67. The van der Waals surface area contributed by atoms with Gasteiger partial charge in [-0.2, -0.15) is 0 Å². The maximum atomic E-state index is 12.3. The summed E-state index contributed by atoms with van der Waals surface area (Å²) in [5.41, 5.74) is 4.15. The zero-order chi connectivity index (χ0) is 17.1. The number of amides is 1. The third-order valence-electron chi connectivity index (χ3n) is 4.23. The van der Waals surface area contributed by atoms with E-state index in [1.165, 1.54) is 16.6 Å². The van der Waals surface area contributed by atoms with E-state index >= 15 is 0 Å². The van der Waals surface area contributed by atoms with Gasteiger partial charge in [-0.15, -0.1) is 0 Å². The zero-order valence-electron chi connectivity index (χ0n) is 14.3. The summed E-state index contributed by atoms with van der Waals surface area (Å²) in [4.78, 5) is 12.3. The number of aryl methyl sites for hydroxylation is 2. The van der Waals surface area contributed by atoms with E-state index in [0.29, 0.717) is 18.7 Å². The van der Waals surface area contributed by atoms with Gasteiger partial charge < -0.3 is 14.6 Å². The van der Waals surface area contributed by atoms with Crippen molar-refractivity contribution in [1.82, 2.24) is 9.88 Å². The molecule has 0 aliphatic rings. The first-order valence-electron chi connectivity index (χ1n) is 8.14. The first kappa shape index (κ1) is 16.1. The summed E-state index contributed by atoms with van der Waals surface area (Å²) < 4.78 is 7.55. The van der Waals surface area contributed by atoms with Gasteiger partial charge in [-0.05, 0) is 61.9 Å². The summed E-state index contributed by atoms with van der Waals surface area (Å²) in [6.45, 7) is 5.15. The maximum Gasteiger partial charge on any atom is 0.251 e. The molecule has 0 aliphatic carbocycles. The third-order valence-corrected chi connectivity index (χ3v) is 4.23. The molecule has 124 valence electrons. The number of benzene rings is 2. The molecule has 0 fully saturated rings. The van der Waals surface area contributed by atoms with E-state index in [4.69, 9.17) is 4.74 Å². The lowest BCUT2D eigenvalue weighted by Crippen LogP contribution is -2.22. The van der Waals surface area contributed by atoms with Gasteiger partial charge in [0.15, 0.2) is 0 Å². The van der Waals surface area contributed by atoms with Gasteiger partial charge in [0.2, 0.25) is 0 Å². The molecule has 0 bridgehead atoms. The summed E-state index contributed by atoms with van der Waals surface area (Å²) in [5.74, 6) is 0.696. The van der Waals surface area contributed by atoms with Crippen LogP contribution in [0.4, 0.5) is 0 Å². The monoisotopic (exact) mass is 322 g/mol. The van der Waals surface area contributed by atoms with Gasteiger partial charge in [-0.25, -0.2) is 0 Å². The summed E-state index contributed by atoms with van der Waals surface area (Å²) in [5, 5.41) is 4.16. The molecule has 2 aromatic carbocycles. The molecular weight excluding hydrogens is 300 g/mol. The first-order valence-corrected chi connectivity index (χ1v) is 8.14. The first-order chi connectivity index (χ1) is 11.6. The average molecular weight is 322 g/mol. The lowest BCUT2D eigenvalue weighted by molar-refractivity contribution is 0.0951.